The summed E-state index contributed by atoms with van der Waals surface area (Å²) in [5.41, 5.74) is 14.8. The van der Waals surface area contributed by atoms with Crippen molar-refractivity contribution < 1.29 is 0 Å². The summed E-state index contributed by atoms with van der Waals surface area (Å²) in [6.45, 7) is 8.78. The minimum Gasteiger partial charge on any atom is -0.0804 e. The molecule has 4 aromatic carbocycles. The second-order valence-corrected chi connectivity index (χ2v) is 10.5. The first kappa shape index (κ1) is 21.9. The summed E-state index contributed by atoms with van der Waals surface area (Å²) in [7, 11) is 0. The predicted octanol–water partition coefficient (Wildman–Crippen LogP) is 8.91. The van der Waals surface area contributed by atoms with Gasteiger partial charge in [0, 0.05) is 5.92 Å². The molecule has 0 unspecified atom stereocenters. The van der Waals surface area contributed by atoms with E-state index in [1.165, 1.54) is 61.2 Å². The monoisotopic (exact) mass is 452 g/mol. The van der Waals surface area contributed by atoms with Crippen molar-refractivity contribution in [2.75, 3.05) is 0 Å². The van der Waals surface area contributed by atoms with Crippen LogP contribution in [0.1, 0.15) is 56.8 Å². The van der Waals surface area contributed by atoms with Crippen LogP contribution < -0.4 is 0 Å². The largest absolute Gasteiger partial charge is 0.0804 e. The van der Waals surface area contributed by atoms with Gasteiger partial charge in [-0.25, -0.2) is 0 Å². The summed E-state index contributed by atoms with van der Waals surface area (Å²) in [5.74, 6) is 0.199. The number of rotatable bonds is 4. The van der Waals surface area contributed by atoms with Gasteiger partial charge in [-0.15, -0.1) is 0 Å². The van der Waals surface area contributed by atoms with E-state index in [1.807, 2.05) is 0 Å². The van der Waals surface area contributed by atoms with E-state index in [-0.39, 0.29) is 11.3 Å². The maximum atomic E-state index is 2.39. The molecule has 0 heterocycles. The molecule has 0 N–H and O–H groups in total. The van der Waals surface area contributed by atoms with Gasteiger partial charge in [0.25, 0.3) is 0 Å². The lowest BCUT2D eigenvalue weighted by Gasteiger charge is -2.43. The molecule has 35 heavy (non-hydrogen) atoms. The fourth-order valence-electron chi connectivity index (χ4n) is 6.37. The first-order valence-electron chi connectivity index (χ1n) is 12.7. The zero-order valence-electron chi connectivity index (χ0n) is 21.1. The van der Waals surface area contributed by atoms with Crippen molar-refractivity contribution in [2.24, 2.45) is 0 Å². The van der Waals surface area contributed by atoms with Crippen LogP contribution in [-0.4, -0.2) is 0 Å². The third-order valence-electron chi connectivity index (χ3n) is 8.05. The van der Waals surface area contributed by atoms with Crippen molar-refractivity contribution in [3.05, 3.63) is 153 Å². The van der Waals surface area contributed by atoms with Crippen molar-refractivity contribution >= 4 is 0 Å². The van der Waals surface area contributed by atoms with Gasteiger partial charge in [-0.1, -0.05) is 131 Å². The third kappa shape index (κ3) is 3.35. The minimum atomic E-state index is -0.296. The first-order valence-corrected chi connectivity index (χ1v) is 12.7. The fourth-order valence-corrected chi connectivity index (χ4v) is 6.37. The molecule has 6 rings (SSSR count). The van der Waals surface area contributed by atoms with Gasteiger partial charge in [0.2, 0.25) is 0 Å². The summed E-state index contributed by atoms with van der Waals surface area (Å²) in [5, 5.41) is 0. The summed E-state index contributed by atoms with van der Waals surface area (Å²) < 4.78 is 0. The van der Waals surface area contributed by atoms with Crippen LogP contribution in [0.3, 0.4) is 0 Å². The maximum absolute atomic E-state index is 2.39. The quantitative estimate of drug-likeness (QED) is 0.290. The van der Waals surface area contributed by atoms with Crippen molar-refractivity contribution in [3.8, 4) is 11.1 Å². The Kier molecular flexibility index (Phi) is 5.15. The van der Waals surface area contributed by atoms with Crippen molar-refractivity contribution in [1.82, 2.24) is 0 Å². The maximum Gasteiger partial charge on any atom is 0.0526 e. The molecule has 0 aromatic heterocycles. The van der Waals surface area contributed by atoms with E-state index in [2.05, 4.69) is 131 Å². The van der Waals surface area contributed by atoms with Crippen LogP contribution in [0.4, 0.5) is 0 Å². The Morgan fingerprint density at radius 3 is 1.46 bits per heavy atom. The van der Waals surface area contributed by atoms with Gasteiger partial charge in [-0.3, -0.25) is 0 Å². The molecule has 0 nitrogen and oxygen atoms in total. The normalized spacial score (nSPS) is 14.7. The van der Waals surface area contributed by atoms with E-state index in [0.717, 1.165) is 6.42 Å². The molecular weight excluding hydrogens is 420 g/mol. The molecule has 172 valence electrons. The predicted molar refractivity (Wildman–Crippen MR) is 148 cm³/mol. The number of hydrogen-bond acceptors (Lipinski definition) is 0. The summed E-state index contributed by atoms with van der Waals surface area (Å²) in [4.78, 5) is 0. The highest BCUT2D eigenvalue weighted by Crippen LogP contribution is 2.60. The Labute approximate surface area is 209 Å². The van der Waals surface area contributed by atoms with Gasteiger partial charge < -0.3 is 0 Å². The molecule has 0 radical (unpaired) electrons. The van der Waals surface area contributed by atoms with E-state index in [0.29, 0.717) is 0 Å². The molecule has 0 atom stereocenters. The van der Waals surface area contributed by atoms with Gasteiger partial charge in [-0.2, -0.15) is 0 Å². The molecular formula is C35H32. The molecule has 0 bridgehead atoms. The Hall–Kier alpha value is -3.64. The number of aryl methyl sites for hydroxylation is 4. The molecule has 4 aromatic rings. The van der Waals surface area contributed by atoms with Crippen LogP contribution in [0.5, 0.6) is 0 Å². The second-order valence-electron chi connectivity index (χ2n) is 10.5. The fraction of sp³-hybridized carbons (Fsp3) is 0.200. The Balaban J connectivity index is 1.75. The van der Waals surface area contributed by atoms with E-state index in [9.17, 15) is 0 Å². The first-order chi connectivity index (χ1) is 17.0. The Morgan fingerprint density at radius 2 is 1.03 bits per heavy atom. The standard InChI is InChI=1S/C35H32/c1-23-9-15-28(16-10-23)35(27-7-5-6-8-27,29-17-11-24(2)12-18-29)34-30-19-13-25(3)21-32(30)33-22-26(4)14-20-31(33)34/h5-7,9-22,34H,8H2,1-4H3. The number of hydrogen-bond donors (Lipinski definition) is 0. The van der Waals surface area contributed by atoms with E-state index >= 15 is 0 Å². The highest BCUT2D eigenvalue weighted by atomic mass is 14.5. The van der Waals surface area contributed by atoms with E-state index in [1.54, 1.807) is 0 Å². The molecule has 0 saturated heterocycles. The summed E-state index contributed by atoms with van der Waals surface area (Å²) in [6.07, 6.45) is 7.90. The molecule has 0 saturated carbocycles. The third-order valence-corrected chi connectivity index (χ3v) is 8.05. The summed E-state index contributed by atoms with van der Waals surface area (Å²) >= 11 is 0. The second kappa shape index (κ2) is 8.24. The minimum absolute atomic E-state index is 0.199. The zero-order valence-corrected chi connectivity index (χ0v) is 21.1. The van der Waals surface area contributed by atoms with E-state index in [4.69, 9.17) is 0 Å². The van der Waals surface area contributed by atoms with Gasteiger partial charge in [-0.05, 0) is 67.5 Å². The molecule has 0 fully saturated rings. The zero-order chi connectivity index (χ0) is 24.2. The Morgan fingerprint density at radius 1 is 0.571 bits per heavy atom. The Bertz CT molecular complexity index is 1380. The van der Waals surface area contributed by atoms with E-state index < -0.39 is 0 Å². The van der Waals surface area contributed by atoms with Crippen molar-refractivity contribution in [1.29, 1.82) is 0 Å². The van der Waals surface area contributed by atoms with Gasteiger partial charge in [0.1, 0.15) is 0 Å². The van der Waals surface area contributed by atoms with Gasteiger partial charge >= 0.3 is 0 Å². The van der Waals surface area contributed by atoms with Gasteiger partial charge in [0.15, 0.2) is 0 Å². The lowest BCUT2D eigenvalue weighted by atomic mass is 9.58. The molecule has 0 heteroatoms. The van der Waals surface area contributed by atoms with Crippen molar-refractivity contribution in [2.45, 2.75) is 45.4 Å². The number of allylic oxidation sites excluding steroid dienone is 4. The van der Waals surface area contributed by atoms with Crippen LogP contribution in [0.15, 0.2) is 109 Å². The lowest BCUT2D eigenvalue weighted by molar-refractivity contribution is 0.527. The topological polar surface area (TPSA) is 0 Å². The van der Waals surface area contributed by atoms with Crippen molar-refractivity contribution in [3.63, 3.8) is 0 Å². The molecule has 0 spiro atoms. The average molecular weight is 453 g/mol. The summed E-state index contributed by atoms with van der Waals surface area (Å²) in [6, 6.07) is 32.8. The van der Waals surface area contributed by atoms with Crippen LogP contribution in [0, 0.1) is 27.7 Å². The smallest absolute Gasteiger partial charge is 0.0526 e. The SMILES string of the molecule is Cc1ccc(C(C2=CC=CC2)(c2ccc(C)cc2)C2c3ccc(C)cc3-c3cc(C)ccc32)cc1. The van der Waals surface area contributed by atoms with Gasteiger partial charge in [0.05, 0.1) is 5.41 Å². The molecule has 2 aliphatic carbocycles. The number of fused-ring (bicyclic) bond motifs is 3. The van der Waals surface area contributed by atoms with Crippen LogP contribution >= 0.6 is 0 Å². The average Bonchev–Trinajstić information content (AvgIpc) is 3.49. The van der Waals surface area contributed by atoms with Crippen LogP contribution in [0.2, 0.25) is 0 Å². The molecule has 0 aliphatic heterocycles. The number of benzene rings is 4. The highest BCUT2D eigenvalue weighted by Gasteiger charge is 2.50. The highest BCUT2D eigenvalue weighted by molar-refractivity contribution is 5.82. The lowest BCUT2D eigenvalue weighted by Crippen LogP contribution is -2.37. The molecule has 2 aliphatic rings. The van der Waals surface area contributed by atoms with Crippen LogP contribution in [0.25, 0.3) is 11.1 Å². The molecule has 0 amide bonds. The van der Waals surface area contributed by atoms with Crippen LogP contribution in [-0.2, 0) is 5.41 Å².